The van der Waals surface area contributed by atoms with E-state index in [1.807, 2.05) is 91.0 Å². The molecule has 360 valence electrons. The lowest BCUT2D eigenvalue weighted by atomic mass is 10.0. The zero-order valence-electron chi connectivity index (χ0n) is 38.5. The molecule has 1 aliphatic heterocycles. The molecule has 7 rings (SSSR count). The molecular weight excluding hydrogens is 877 g/mol. The van der Waals surface area contributed by atoms with Gasteiger partial charge in [0.1, 0.15) is 29.9 Å². The molecule has 1 saturated heterocycles. The SMILES string of the molecule is O=C1CCC(=O)NCCCC[C@H](NC(=O)c2ccc3ccccc3n2)C(=O)N[C@@H](Cc2ccccc2)C(=O)NC(Cc2ccccc2)C(=O)NC(C(=O)N[C@H]2c3ccccc3C[C@H]2O)CCCCN1. The van der Waals surface area contributed by atoms with E-state index in [0.717, 1.165) is 27.6 Å². The van der Waals surface area contributed by atoms with Crippen LogP contribution in [0.25, 0.3) is 10.9 Å². The number of para-hydroxylation sites is 1. The molecular formula is C53H60N8O8. The van der Waals surface area contributed by atoms with Gasteiger partial charge in [-0.2, -0.15) is 0 Å². The Hall–Kier alpha value is -7.46. The molecule has 2 unspecified atom stereocenters. The average molecular weight is 937 g/mol. The fraction of sp³-hybridized carbons (Fsp3) is 0.358. The molecule has 5 aromatic rings. The molecule has 1 aliphatic carbocycles. The van der Waals surface area contributed by atoms with E-state index in [1.54, 1.807) is 30.3 Å². The van der Waals surface area contributed by atoms with Gasteiger partial charge in [0.15, 0.2) is 0 Å². The number of fused-ring (bicyclic) bond motifs is 2. The maximum atomic E-state index is 14.7. The van der Waals surface area contributed by atoms with Crippen molar-refractivity contribution in [1.29, 1.82) is 0 Å². The summed E-state index contributed by atoms with van der Waals surface area (Å²) in [6, 6.07) is 30.8. The number of hydrogen-bond acceptors (Lipinski definition) is 9. The summed E-state index contributed by atoms with van der Waals surface area (Å²) in [7, 11) is 0. The monoisotopic (exact) mass is 936 g/mol. The maximum Gasteiger partial charge on any atom is 0.270 e. The van der Waals surface area contributed by atoms with Gasteiger partial charge in [-0.3, -0.25) is 33.6 Å². The number of nitrogens with zero attached hydrogens (tertiary/aromatic N) is 1. The normalized spacial score (nSPS) is 22.6. The van der Waals surface area contributed by atoms with Crippen LogP contribution in [-0.2, 0) is 48.0 Å². The molecule has 7 amide bonds. The van der Waals surface area contributed by atoms with E-state index in [1.165, 1.54) is 0 Å². The van der Waals surface area contributed by atoms with Crippen LogP contribution in [0.1, 0.15) is 90.2 Å². The number of aromatic nitrogens is 1. The lowest BCUT2D eigenvalue weighted by Crippen LogP contribution is -2.59. The molecule has 4 aromatic carbocycles. The first-order valence-corrected chi connectivity index (χ1v) is 23.8. The number of amides is 7. The molecule has 0 saturated carbocycles. The number of aliphatic hydroxyl groups excluding tert-OH is 1. The molecule has 16 nitrogen and oxygen atoms in total. The maximum absolute atomic E-state index is 14.7. The van der Waals surface area contributed by atoms with E-state index < -0.39 is 65.8 Å². The van der Waals surface area contributed by atoms with Crippen molar-refractivity contribution in [3.05, 3.63) is 149 Å². The second-order valence-electron chi connectivity index (χ2n) is 17.6. The van der Waals surface area contributed by atoms with Crippen LogP contribution >= 0.6 is 0 Å². The van der Waals surface area contributed by atoms with E-state index in [-0.39, 0.29) is 69.1 Å². The second-order valence-corrected chi connectivity index (χ2v) is 17.6. The summed E-state index contributed by atoms with van der Waals surface area (Å²) in [4.78, 5) is 102. The summed E-state index contributed by atoms with van der Waals surface area (Å²) in [6.45, 7) is 0.535. The van der Waals surface area contributed by atoms with Crippen molar-refractivity contribution >= 4 is 52.3 Å². The minimum Gasteiger partial charge on any atom is -0.390 e. The molecule has 0 bridgehead atoms. The molecule has 1 fully saturated rings. The largest absolute Gasteiger partial charge is 0.390 e. The first-order chi connectivity index (χ1) is 33.5. The first kappa shape index (κ1) is 49.4. The summed E-state index contributed by atoms with van der Waals surface area (Å²) in [6.07, 6.45) is 1.44. The van der Waals surface area contributed by atoms with Crippen LogP contribution in [0.15, 0.2) is 121 Å². The topological polar surface area (TPSA) is 237 Å². The summed E-state index contributed by atoms with van der Waals surface area (Å²) in [5.41, 5.74) is 3.80. The highest BCUT2D eigenvalue weighted by molar-refractivity contribution is 5.99. The van der Waals surface area contributed by atoms with Crippen LogP contribution in [0.5, 0.6) is 0 Å². The predicted octanol–water partition coefficient (Wildman–Crippen LogP) is 3.41. The van der Waals surface area contributed by atoms with Gasteiger partial charge in [0.25, 0.3) is 5.91 Å². The van der Waals surface area contributed by atoms with Gasteiger partial charge in [-0.25, -0.2) is 4.98 Å². The molecule has 16 heteroatoms. The van der Waals surface area contributed by atoms with Crippen molar-refractivity contribution in [2.24, 2.45) is 0 Å². The van der Waals surface area contributed by atoms with Gasteiger partial charge in [0.05, 0.1) is 17.7 Å². The van der Waals surface area contributed by atoms with Crippen molar-refractivity contribution in [2.75, 3.05) is 13.1 Å². The van der Waals surface area contributed by atoms with Crippen LogP contribution in [-0.4, -0.2) is 94.8 Å². The number of aliphatic hydroxyl groups is 1. The zero-order chi connectivity index (χ0) is 48.5. The highest BCUT2D eigenvalue weighted by Crippen LogP contribution is 2.31. The van der Waals surface area contributed by atoms with Gasteiger partial charge in [0, 0.05) is 50.6 Å². The van der Waals surface area contributed by atoms with Gasteiger partial charge in [-0.1, -0.05) is 109 Å². The predicted molar refractivity (Wildman–Crippen MR) is 259 cm³/mol. The Morgan fingerprint density at radius 3 is 1.83 bits per heavy atom. The van der Waals surface area contributed by atoms with Crippen molar-refractivity contribution in [3.63, 3.8) is 0 Å². The third kappa shape index (κ3) is 14.3. The molecule has 0 radical (unpaired) electrons. The standard InChI is InChI=1S/C53H60N8O8/c62-45-33-37-20-7-9-21-38(37)48(45)61-51(67)41-24-12-14-30-55-47(64)28-27-46(63)54-29-13-11-23-40(57-50(66)42-26-25-36-19-8-10-22-39(36)56-42)49(65)59-44(32-35-17-5-2-6-18-35)53(69)60-43(52(68)58-41)31-34-15-3-1-4-16-34/h1-10,15-22,25-26,40-41,43-45,48,62H,11-14,23-24,27-33H2,(H,54,63)(H,55,64)(H,57,66)(H,58,68)(H,59,65)(H,60,69)(H,61,67)/t40-,41?,43?,44-,45+,48-/m0/s1. The van der Waals surface area contributed by atoms with E-state index in [4.69, 9.17) is 0 Å². The van der Waals surface area contributed by atoms with Gasteiger partial charge in [0.2, 0.25) is 35.4 Å². The number of carbonyl (C=O) groups excluding carboxylic acids is 7. The second kappa shape index (κ2) is 24.5. The average Bonchev–Trinajstić information content (AvgIpc) is 3.67. The zero-order valence-corrected chi connectivity index (χ0v) is 38.5. The third-order valence-electron chi connectivity index (χ3n) is 12.5. The Morgan fingerprint density at radius 1 is 0.594 bits per heavy atom. The van der Waals surface area contributed by atoms with Gasteiger partial charge < -0.3 is 42.3 Å². The van der Waals surface area contributed by atoms with Crippen LogP contribution in [0.2, 0.25) is 0 Å². The van der Waals surface area contributed by atoms with Gasteiger partial charge in [-0.05, 0) is 72.9 Å². The van der Waals surface area contributed by atoms with Crippen molar-refractivity contribution in [1.82, 2.24) is 42.2 Å². The van der Waals surface area contributed by atoms with Crippen molar-refractivity contribution in [3.8, 4) is 0 Å². The van der Waals surface area contributed by atoms with Crippen molar-refractivity contribution in [2.45, 2.75) is 107 Å². The molecule has 69 heavy (non-hydrogen) atoms. The fourth-order valence-corrected chi connectivity index (χ4v) is 8.71. The van der Waals surface area contributed by atoms with Crippen LogP contribution < -0.4 is 37.2 Å². The molecule has 0 spiro atoms. The molecule has 2 heterocycles. The van der Waals surface area contributed by atoms with Crippen LogP contribution in [0.4, 0.5) is 0 Å². The smallest absolute Gasteiger partial charge is 0.270 e. The number of hydrogen-bond donors (Lipinski definition) is 8. The molecule has 1 aromatic heterocycles. The highest BCUT2D eigenvalue weighted by atomic mass is 16.3. The van der Waals surface area contributed by atoms with Crippen LogP contribution in [0.3, 0.4) is 0 Å². The Kier molecular flexibility index (Phi) is 17.6. The fourth-order valence-electron chi connectivity index (χ4n) is 8.71. The van der Waals surface area contributed by atoms with E-state index in [9.17, 15) is 38.7 Å². The quantitative estimate of drug-likeness (QED) is 0.114. The Bertz CT molecular complexity index is 2590. The number of nitrogens with one attached hydrogen (secondary N) is 7. The summed E-state index contributed by atoms with van der Waals surface area (Å²) < 4.78 is 0. The van der Waals surface area contributed by atoms with Gasteiger partial charge >= 0.3 is 0 Å². The highest BCUT2D eigenvalue weighted by Gasteiger charge is 2.36. The number of carbonyl (C=O) groups is 7. The molecule has 8 N–H and O–H groups in total. The minimum absolute atomic E-state index is 0.0315. The number of pyridine rings is 1. The summed E-state index contributed by atoms with van der Waals surface area (Å²) >= 11 is 0. The van der Waals surface area contributed by atoms with E-state index >= 15 is 0 Å². The number of rotatable bonds is 8. The van der Waals surface area contributed by atoms with Crippen molar-refractivity contribution < 1.29 is 38.7 Å². The Balaban J connectivity index is 1.17. The summed E-state index contributed by atoms with van der Waals surface area (Å²) in [5.74, 6) is -3.75. The van der Waals surface area contributed by atoms with E-state index in [2.05, 4.69) is 42.2 Å². The first-order valence-electron chi connectivity index (χ1n) is 23.8. The van der Waals surface area contributed by atoms with E-state index in [0.29, 0.717) is 37.6 Å². The van der Waals surface area contributed by atoms with Crippen LogP contribution in [0, 0.1) is 0 Å². The lowest BCUT2D eigenvalue weighted by Gasteiger charge is -2.28. The minimum atomic E-state index is -1.23. The number of benzene rings is 4. The summed E-state index contributed by atoms with van der Waals surface area (Å²) in [5, 5.41) is 31.9. The van der Waals surface area contributed by atoms with Gasteiger partial charge in [-0.15, -0.1) is 0 Å². The Labute approximate surface area is 401 Å². The Morgan fingerprint density at radius 2 is 1.16 bits per heavy atom. The third-order valence-corrected chi connectivity index (χ3v) is 12.5. The lowest BCUT2D eigenvalue weighted by molar-refractivity contribution is -0.134. The molecule has 6 atom stereocenters. The molecule has 2 aliphatic rings.